The van der Waals surface area contributed by atoms with Crippen molar-refractivity contribution < 1.29 is 9.59 Å². The van der Waals surface area contributed by atoms with Gasteiger partial charge in [-0.05, 0) is 42.7 Å². The zero-order valence-corrected chi connectivity index (χ0v) is 15.0. The molecule has 1 aromatic rings. The van der Waals surface area contributed by atoms with E-state index in [1.165, 1.54) is 22.7 Å². The van der Waals surface area contributed by atoms with E-state index in [0.717, 1.165) is 39.0 Å². The second-order valence-electron chi connectivity index (χ2n) is 6.45. The SMILES string of the molecule is CN(CC(=O)N1CCC2(CCNC2)CC1)C(=O)c1cccs1.Cl. The number of piperidine rings is 1. The van der Waals surface area contributed by atoms with E-state index in [2.05, 4.69) is 5.32 Å². The molecule has 0 radical (unpaired) electrons. The number of thiophene rings is 1. The van der Waals surface area contributed by atoms with E-state index in [4.69, 9.17) is 0 Å². The number of halogens is 1. The van der Waals surface area contributed by atoms with Gasteiger partial charge < -0.3 is 15.1 Å². The van der Waals surface area contributed by atoms with Crippen LogP contribution in [0.5, 0.6) is 0 Å². The van der Waals surface area contributed by atoms with E-state index in [-0.39, 0.29) is 30.8 Å². The number of likely N-dealkylation sites (N-methyl/N-ethyl adjacent to an activating group) is 1. The lowest BCUT2D eigenvalue weighted by Crippen LogP contribution is -2.47. The van der Waals surface area contributed by atoms with Crippen LogP contribution in [0.4, 0.5) is 0 Å². The monoisotopic (exact) mass is 357 g/mol. The Morgan fingerprint density at radius 2 is 2.09 bits per heavy atom. The van der Waals surface area contributed by atoms with Crippen molar-refractivity contribution in [1.29, 1.82) is 0 Å². The molecular weight excluding hydrogens is 334 g/mol. The first kappa shape index (κ1) is 18.2. The highest BCUT2D eigenvalue weighted by Crippen LogP contribution is 2.36. The molecule has 2 aliphatic rings. The zero-order chi connectivity index (χ0) is 15.6. The highest BCUT2D eigenvalue weighted by molar-refractivity contribution is 7.12. The molecule has 2 aliphatic heterocycles. The fraction of sp³-hybridized carbons (Fsp3) is 0.625. The van der Waals surface area contributed by atoms with E-state index in [1.54, 1.807) is 13.1 Å². The van der Waals surface area contributed by atoms with Crippen molar-refractivity contribution in [2.45, 2.75) is 19.3 Å². The fourth-order valence-electron chi connectivity index (χ4n) is 3.42. The van der Waals surface area contributed by atoms with Gasteiger partial charge in [-0.3, -0.25) is 9.59 Å². The number of likely N-dealkylation sites (tertiary alicyclic amines) is 1. The summed E-state index contributed by atoms with van der Waals surface area (Å²) in [5.41, 5.74) is 0.412. The summed E-state index contributed by atoms with van der Waals surface area (Å²) >= 11 is 1.41. The van der Waals surface area contributed by atoms with Crippen LogP contribution in [0.15, 0.2) is 17.5 Å². The summed E-state index contributed by atoms with van der Waals surface area (Å²) in [6, 6.07) is 3.65. The summed E-state index contributed by atoms with van der Waals surface area (Å²) in [7, 11) is 1.70. The molecular formula is C16H24ClN3O2S. The number of amides is 2. The van der Waals surface area contributed by atoms with E-state index in [1.807, 2.05) is 16.3 Å². The normalized spacial score (nSPS) is 19.4. The maximum atomic E-state index is 12.4. The second-order valence-corrected chi connectivity index (χ2v) is 7.39. The van der Waals surface area contributed by atoms with Gasteiger partial charge in [-0.2, -0.15) is 0 Å². The predicted octanol–water partition coefficient (Wildman–Crippen LogP) is 1.84. The summed E-state index contributed by atoms with van der Waals surface area (Å²) in [5.74, 6) is -0.00923. The maximum absolute atomic E-state index is 12.4. The Hall–Kier alpha value is -1.11. The van der Waals surface area contributed by atoms with Gasteiger partial charge in [0.25, 0.3) is 5.91 Å². The van der Waals surface area contributed by atoms with Gasteiger partial charge in [-0.25, -0.2) is 0 Å². The van der Waals surface area contributed by atoms with Gasteiger partial charge in [0.15, 0.2) is 0 Å². The minimum atomic E-state index is -0.0724. The third-order valence-corrected chi connectivity index (χ3v) is 5.82. The lowest BCUT2D eigenvalue weighted by Gasteiger charge is -2.39. The molecule has 3 heterocycles. The van der Waals surface area contributed by atoms with E-state index >= 15 is 0 Å². The van der Waals surface area contributed by atoms with Crippen LogP contribution >= 0.6 is 23.7 Å². The van der Waals surface area contributed by atoms with Crippen LogP contribution in [0.2, 0.25) is 0 Å². The smallest absolute Gasteiger partial charge is 0.264 e. The number of rotatable bonds is 3. The number of nitrogens with zero attached hydrogens (tertiary/aromatic N) is 2. The minimum Gasteiger partial charge on any atom is -0.341 e. The molecule has 0 aliphatic carbocycles. The zero-order valence-electron chi connectivity index (χ0n) is 13.4. The lowest BCUT2D eigenvalue weighted by atomic mass is 9.78. The molecule has 128 valence electrons. The van der Waals surface area contributed by atoms with Crippen LogP contribution in [0.1, 0.15) is 28.9 Å². The molecule has 0 atom stereocenters. The van der Waals surface area contributed by atoms with Gasteiger partial charge in [-0.15, -0.1) is 23.7 Å². The summed E-state index contributed by atoms with van der Waals surface area (Å²) in [6.45, 7) is 4.00. The maximum Gasteiger partial charge on any atom is 0.264 e. The molecule has 2 saturated heterocycles. The Bertz CT molecular complexity index is 534. The highest BCUT2D eigenvalue weighted by Gasteiger charge is 2.38. The third-order valence-electron chi connectivity index (χ3n) is 4.96. The molecule has 0 bridgehead atoms. The average Bonchev–Trinajstić information content (AvgIpc) is 3.19. The van der Waals surface area contributed by atoms with Gasteiger partial charge >= 0.3 is 0 Å². The quantitative estimate of drug-likeness (QED) is 0.898. The molecule has 23 heavy (non-hydrogen) atoms. The molecule has 1 aromatic heterocycles. The molecule has 1 spiro atoms. The number of carbonyl (C=O) groups excluding carboxylic acids is 2. The molecule has 3 rings (SSSR count). The molecule has 2 amide bonds. The molecule has 5 nitrogen and oxygen atoms in total. The molecule has 7 heteroatoms. The Labute approximate surface area is 147 Å². The van der Waals surface area contributed by atoms with Gasteiger partial charge in [0.2, 0.25) is 5.91 Å². The second kappa shape index (κ2) is 7.64. The van der Waals surface area contributed by atoms with Crippen LogP contribution in [-0.2, 0) is 4.79 Å². The third kappa shape index (κ3) is 4.05. The van der Waals surface area contributed by atoms with Crippen LogP contribution in [0.25, 0.3) is 0 Å². The largest absolute Gasteiger partial charge is 0.341 e. The average molecular weight is 358 g/mol. The van der Waals surface area contributed by atoms with Crippen molar-refractivity contribution in [2.75, 3.05) is 39.8 Å². The molecule has 0 aromatic carbocycles. The van der Waals surface area contributed by atoms with E-state index in [9.17, 15) is 9.59 Å². The van der Waals surface area contributed by atoms with Crippen molar-refractivity contribution in [2.24, 2.45) is 5.41 Å². The Morgan fingerprint density at radius 3 is 2.65 bits per heavy atom. The number of carbonyl (C=O) groups is 2. The van der Waals surface area contributed by atoms with Crippen molar-refractivity contribution in [1.82, 2.24) is 15.1 Å². The number of nitrogens with one attached hydrogen (secondary N) is 1. The van der Waals surface area contributed by atoms with Gasteiger partial charge in [0.05, 0.1) is 11.4 Å². The highest BCUT2D eigenvalue weighted by atomic mass is 35.5. The van der Waals surface area contributed by atoms with Gasteiger partial charge in [-0.1, -0.05) is 6.07 Å². The standard InChI is InChI=1S/C16H23N3O2S.ClH/c1-18(15(21)13-3-2-10-22-13)11-14(20)19-8-5-16(6-9-19)4-7-17-12-16;/h2-3,10,17H,4-9,11-12H2,1H3;1H. The van der Waals surface area contributed by atoms with Crippen LogP contribution < -0.4 is 5.32 Å². The lowest BCUT2D eigenvalue weighted by molar-refractivity contribution is -0.133. The Kier molecular flexibility index (Phi) is 6.06. The van der Waals surface area contributed by atoms with E-state index in [0.29, 0.717) is 10.3 Å². The minimum absolute atomic E-state index is 0. The Balaban J connectivity index is 0.00000192. The number of hydrogen-bond donors (Lipinski definition) is 1. The molecule has 0 saturated carbocycles. The Morgan fingerprint density at radius 1 is 1.35 bits per heavy atom. The molecule has 2 fully saturated rings. The summed E-state index contributed by atoms with van der Waals surface area (Å²) in [5, 5.41) is 5.31. The van der Waals surface area contributed by atoms with Gasteiger partial charge in [0, 0.05) is 26.7 Å². The predicted molar refractivity (Wildman–Crippen MR) is 94.3 cm³/mol. The van der Waals surface area contributed by atoms with Crippen molar-refractivity contribution >= 4 is 35.6 Å². The van der Waals surface area contributed by atoms with E-state index < -0.39 is 0 Å². The van der Waals surface area contributed by atoms with Crippen molar-refractivity contribution in [3.05, 3.63) is 22.4 Å². The fourth-order valence-corrected chi connectivity index (χ4v) is 4.13. The summed E-state index contributed by atoms with van der Waals surface area (Å²) in [4.78, 5) is 28.7. The van der Waals surface area contributed by atoms with Crippen LogP contribution in [0, 0.1) is 5.41 Å². The first-order valence-corrected chi connectivity index (χ1v) is 8.75. The van der Waals surface area contributed by atoms with Crippen molar-refractivity contribution in [3.63, 3.8) is 0 Å². The van der Waals surface area contributed by atoms with Crippen LogP contribution in [0.3, 0.4) is 0 Å². The van der Waals surface area contributed by atoms with Crippen molar-refractivity contribution in [3.8, 4) is 0 Å². The molecule has 1 N–H and O–H groups in total. The summed E-state index contributed by atoms with van der Waals surface area (Å²) < 4.78 is 0. The molecule has 0 unspecified atom stereocenters. The summed E-state index contributed by atoms with van der Waals surface area (Å²) in [6.07, 6.45) is 3.38. The van der Waals surface area contributed by atoms with Gasteiger partial charge in [0.1, 0.15) is 0 Å². The topological polar surface area (TPSA) is 52.7 Å². The first-order valence-electron chi connectivity index (χ1n) is 7.87. The van der Waals surface area contributed by atoms with Crippen LogP contribution in [-0.4, -0.2) is 61.4 Å². The first-order chi connectivity index (χ1) is 10.6. The number of hydrogen-bond acceptors (Lipinski definition) is 4.